The number of fused-ring (bicyclic) bond motifs is 3. The van der Waals surface area contributed by atoms with Gasteiger partial charge in [-0.05, 0) is 47.8 Å². The van der Waals surface area contributed by atoms with E-state index in [0.29, 0.717) is 24.9 Å². The van der Waals surface area contributed by atoms with Crippen molar-refractivity contribution >= 4 is 67.1 Å². The second-order valence-corrected chi connectivity index (χ2v) is 11.3. The summed E-state index contributed by atoms with van der Waals surface area (Å²) in [5.74, 6) is -4.95. The van der Waals surface area contributed by atoms with Gasteiger partial charge in [0.25, 0.3) is 0 Å². The zero-order valence-electron chi connectivity index (χ0n) is 19.9. The van der Waals surface area contributed by atoms with Gasteiger partial charge in [0, 0.05) is 26.0 Å². The molecule has 3 atom stereocenters. The molecule has 0 saturated carbocycles. The van der Waals surface area contributed by atoms with Gasteiger partial charge in [0.05, 0.1) is 26.2 Å². The molecule has 12 heteroatoms. The Hall–Kier alpha value is -3.06. The standard InChI is InChI=1S/C26H19Br2NO8S/c1-34-24(32)26(25(33)35-2)20-14-10-12(27)5-7-16(14)37-23(31)19(20)21(29-26)15-11-13(28)6-8-17(15)36-22(30)18-4-3-9-38-18/h3-11,19-21,29H,1-2H3/t19-,20+,21+/m1/s1. The summed E-state index contributed by atoms with van der Waals surface area (Å²) in [6, 6.07) is 12.2. The summed E-state index contributed by atoms with van der Waals surface area (Å²) >= 11 is 8.07. The molecule has 38 heavy (non-hydrogen) atoms. The Balaban J connectivity index is 1.71. The zero-order valence-corrected chi connectivity index (χ0v) is 23.8. The van der Waals surface area contributed by atoms with Crippen LogP contribution in [0, 0.1) is 5.92 Å². The fourth-order valence-corrected chi connectivity index (χ4v) is 6.42. The highest BCUT2D eigenvalue weighted by Gasteiger charge is 2.69. The fraction of sp³-hybridized carbons (Fsp3) is 0.231. The number of rotatable bonds is 5. The van der Waals surface area contributed by atoms with E-state index in [0.717, 1.165) is 14.2 Å². The summed E-state index contributed by atoms with van der Waals surface area (Å²) in [5.41, 5.74) is -1.32. The summed E-state index contributed by atoms with van der Waals surface area (Å²) in [7, 11) is 2.29. The number of nitrogens with one attached hydrogen (secondary N) is 1. The smallest absolute Gasteiger partial charge is 0.353 e. The van der Waals surface area contributed by atoms with Crippen molar-refractivity contribution in [2.75, 3.05) is 14.2 Å². The third kappa shape index (κ3) is 4.25. The lowest BCUT2D eigenvalue weighted by Gasteiger charge is -2.34. The van der Waals surface area contributed by atoms with E-state index in [-0.39, 0.29) is 11.5 Å². The van der Waals surface area contributed by atoms with Crippen LogP contribution in [0.4, 0.5) is 0 Å². The summed E-state index contributed by atoms with van der Waals surface area (Å²) < 4.78 is 22.8. The van der Waals surface area contributed by atoms with Crippen molar-refractivity contribution in [2.24, 2.45) is 5.92 Å². The lowest BCUT2D eigenvalue weighted by atomic mass is 9.72. The highest BCUT2D eigenvalue weighted by molar-refractivity contribution is 9.10. The van der Waals surface area contributed by atoms with Gasteiger partial charge in [-0.25, -0.2) is 14.4 Å². The molecule has 2 aromatic carbocycles. The van der Waals surface area contributed by atoms with Crippen molar-refractivity contribution < 1.29 is 38.1 Å². The SMILES string of the molecule is COC(=O)C1(C(=O)OC)N[C@@H](c2cc(Br)ccc2OC(=O)c2cccs2)[C@@H]2C(=O)Oc3ccc(Br)cc3[C@@H]21. The van der Waals surface area contributed by atoms with Crippen LogP contribution in [-0.2, 0) is 23.9 Å². The molecule has 0 radical (unpaired) electrons. The van der Waals surface area contributed by atoms with Crippen LogP contribution >= 0.6 is 43.2 Å². The van der Waals surface area contributed by atoms with Crippen LogP contribution in [-0.4, -0.2) is 43.6 Å². The van der Waals surface area contributed by atoms with Crippen molar-refractivity contribution in [3.63, 3.8) is 0 Å². The normalized spacial score (nSPS) is 21.1. The summed E-state index contributed by atoms with van der Waals surface area (Å²) in [5, 5.41) is 4.80. The van der Waals surface area contributed by atoms with E-state index in [4.69, 9.17) is 18.9 Å². The molecule has 1 aromatic heterocycles. The molecule has 0 unspecified atom stereocenters. The maximum absolute atomic E-state index is 13.5. The highest BCUT2D eigenvalue weighted by Crippen LogP contribution is 2.56. The topological polar surface area (TPSA) is 117 Å². The number of carbonyl (C=O) groups is 4. The molecule has 0 bridgehead atoms. The van der Waals surface area contributed by atoms with Gasteiger partial charge in [-0.1, -0.05) is 37.9 Å². The van der Waals surface area contributed by atoms with E-state index in [2.05, 4.69) is 37.2 Å². The van der Waals surface area contributed by atoms with Crippen molar-refractivity contribution in [3.05, 3.63) is 78.9 Å². The molecule has 0 spiro atoms. The number of carbonyl (C=O) groups excluding carboxylic acids is 4. The molecule has 196 valence electrons. The summed E-state index contributed by atoms with van der Waals surface area (Å²) in [6.45, 7) is 0. The Morgan fingerprint density at radius 1 is 0.974 bits per heavy atom. The number of hydrogen-bond donors (Lipinski definition) is 1. The number of benzene rings is 2. The van der Waals surface area contributed by atoms with E-state index < -0.39 is 47.3 Å². The lowest BCUT2D eigenvalue weighted by Crippen LogP contribution is -2.59. The van der Waals surface area contributed by atoms with Crippen LogP contribution in [0.2, 0.25) is 0 Å². The molecule has 2 aliphatic heterocycles. The first-order valence-electron chi connectivity index (χ1n) is 11.2. The Bertz CT molecular complexity index is 1440. The minimum Gasteiger partial charge on any atom is -0.467 e. The first-order valence-corrected chi connectivity index (χ1v) is 13.7. The second kappa shape index (κ2) is 10.3. The monoisotopic (exact) mass is 663 g/mol. The van der Waals surface area contributed by atoms with Gasteiger partial charge in [-0.15, -0.1) is 11.3 Å². The maximum Gasteiger partial charge on any atom is 0.353 e. The summed E-state index contributed by atoms with van der Waals surface area (Å²) in [4.78, 5) is 53.6. The minimum atomic E-state index is -2.11. The van der Waals surface area contributed by atoms with E-state index in [1.807, 2.05) is 0 Å². The fourth-order valence-electron chi connectivity index (χ4n) is 5.07. The molecular weight excluding hydrogens is 646 g/mol. The zero-order chi connectivity index (χ0) is 27.2. The van der Waals surface area contributed by atoms with Crippen molar-refractivity contribution in [1.82, 2.24) is 5.32 Å². The molecule has 3 aromatic rings. The molecule has 1 N–H and O–H groups in total. The Labute approximate surface area is 237 Å². The van der Waals surface area contributed by atoms with E-state index in [1.165, 1.54) is 11.3 Å². The van der Waals surface area contributed by atoms with Crippen LogP contribution < -0.4 is 14.8 Å². The molecular formula is C26H19Br2NO8S. The predicted molar refractivity (Wildman–Crippen MR) is 142 cm³/mol. The molecule has 0 amide bonds. The number of methoxy groups -OCH3 is 2. The van der Waals surface area contributed by atoms with Crippen LogP contribution in [0.25, 0.3) is 0 Å². The highest BCUT2D eigenvalue weighted by atomic mass is 79.9. The number of esters is 4. The first kappa shape index (κ1) is 26.5. The minimum absolute atomic E-state index is 0.140. The Morgan fingerprint density at radius 3 is 2.26 bits per heavy atom. The van der Waals surface area contributed by atoms with Gasteiger partial charge in [-0.3, -0.25) is 10.1 Å². The van der Waals surface area contributed by atoms with Crippen molar-refractivity contribution in [1.29, 1.82) is 0 Å². The van der Waals surface area contributed by atoms with Crippen LogP contribution in [0.5, 0.6) is 11.5 Å². The lowest BCUT2D eigenvalue weighted by molar-refractivity contribution is -0.164. The van der Waals surface area contributed by atoms with Gasteiger partial charge in [0.15, 0.2) is 0 Å². The quantitative estimate of drug-likeness (QED) is 0.238. The van der Waals surface area contributed by atoms with Crippen LogP contribution in [0.3, 0.4) is 0 Å². The average molecular weight is 665 g/mol. The Morgan fingerprint density at radius 2 is 1.63 bits per heavy atom. The first-order chi connectivity index (χ1) is 18.2. The third-order valence-corrected chi connectivity index (χ3v) is 8.44. The van der Waals surface area contributed by atoms with Crippen molar-refractivity contribution in [2.45, 2.75) is 17.5 Å². The van der Waals surface area contributed by atoms with Crippen LogP contribution in [0.1, 0.15) is 32.8 Å². The van der Waals surface area contributed by atoms with Crippen molar-refractivity contribution in [3.8, 4) is 11.5 Å². The Kier molecular flexibility index (Phi) is 7.16. The van der Waals surface area contributed by atoms with Gasteiger partial charge in [0.1, 0.15) is 16.4 Å². The van der Waals surface area contributed by atoms with Gasteiger partial charge in [-0.2, -0.15) is 0 Å². The average Bonchev–Trinajstić information content (AvgIpc) is 3.57. The summed E-state index contributed by atoms with van der Waals surface area (Å²) in [6.07, 6.45) is 0. The third-order valence-electron chi connectivity index (χ3n) is 6.60. The van der Waals surface area contributed by atoms with E-state index >= 15 is 0 Å². The number of ether oxygens (including phenoxy) is 4. The second-order valence-electron chi connectivity index (χ2n) is 8.57. The molecule has 1 saturated heterocycles. The van der Waals surface area contributed by atoms with Crippen LogP contribution in [0.15, 0.2) is 62.9 Å². The number of halogens is 2. The maximum atomic E-state index is 13.5. The molecule has 5 rings (SSSR count). The molecule has 2 aliphatic rings. The number of hydrogen-bond acceptors (Lipinski definition) is 10. The molecule has 9 nitrogen and oxygen atoms in total. The van der Waals surface area contributed by atoms with E-state index in [9.17, 15) is 19.2 Å². The largest absolute Gasteiger partial charge is 0.467 e. The molecule has 3 heterocycles. The predicted octanol–water partition coefficient (Wildman–Crippen LogP) is 4.54. The van der Waals surface area contributed by atoms with Gasteiger partial charge < -0.3 is 18.9 Å². The van der Waals surface area contributed by atoms with E-state index in [1.54, 1.807) is 53.9 Å². The van der Waals surface area contributed by atoms with Gasteiger partial charge in [0.2, 0.25) is 5.54 Å². The molecule has 1 fully saturated rings. The number of thiophene rings is 1. The van der Waals surface area contributed by atoms with Gasteiger partial charge >= 0.3 is 23.9 Å². The molecule has 0 aliphatic carbocycles.